The van der Waals surface area contributed by atoms with Crippen LogP contribution in [0.4, 0.5) is 13.2 Å². The number of hydrogen-bond acceptors (Lipinski definition) is 3. The molecule has 0 amide bonds. The predicted octanol–water partition coefficient (Wildman–Crippen LogP) is 3.83. The van der Waals surface area contributed by atoms with Crippen LogP contribution in [0.3, 0.4) is 0 Å². The van der Waals surface area contributed by atoms with Gasteiger partial charge in [0.15, 0.2) is 0 Å². The van der Waals surface area contributed by atoms with Crippen LogP contribution < -0.4 is 0 Å². The van der Waals surface area contributed by atoms with Crippen molar-refractivity contribution < 1.29 is 13.2 Å². The number of nitrogens with zero attached hydrogens (tertiary/aromatic N) is 4. The zero-order valence-corrected chi connectivity index (χ0v) is 12.1. The minimum Gasteiger partial charge on any atom is -0.354 e. The molecule has 4 rings (SSSR count). The Kier molecular flexibility index (Phi) is 3.12. The van der Waals surface area contributed by atoms with Gasteiger partial charge < -0.3 is 4.98 Å². The lowest BCUT2D eigenvalue weighted by Gasteiger charge is -2.06. The highest BCUT2D eigenvalue weighted by Gasteiger charge is 2.30. The molecule has 0 aliphatic heterocycles. The van der Waals surface area contributed by atoms with Crippen LogP contribution in [-0.2, 0) is 6.18 Å². The summed E-state index contributed by atoms with van der Waals surface area (Å²) in [7, 11) is 0. The van der Waals surface area contributed by atoms with Gasteiger partial charge in [0.05, 0.1) is 17.4 Å². The van der Waals surface area contributed by atoms with Gasteiger partial charge in [-0.25, -0.2) is 9.67 Å². The molecule has 5 nitrogen and oxygen atoms in total. The second-order valence-electron chi connectivity index (χ2n) is 5.22. The van der Waals surface area contributed by atoms with Gasteiger partial charge in [0.2, 0.25) is 0 Å². The van der Waals surface area contributed by atoms with E-state index in [9.17, 15) is 13.2 Å². The number of H-pyrrole nitrogens is 1. The highest BCUT2D eigenvalue weighted by atomic mass is 19.4. The fourth-order valence-electron chi connectivity index (χ4n) is 2.58. The van der Waals surface area contributed by atoms with Crippen LogP contribution in [0.1, 0.15) is 5.56 Å². The molecule has 24 heavy (non-hydrogen) atoms. The number of alkyl halides is 3. The van der Waals surface area contributed by atoms with E-state index in [1.54, 1.807) is 29.2 Å². The van der Waals surface area contributed by atoms with E-state index in [1.807, 2.05) is 0 Å². The Labute approximate surface area is 133 Å². The monoisotopic (exact) mass is 329 g/mol. The molecule has 0 radical (unpaired) electrons. The number of fused-ring (bicyclic) bond motifs is 1. The van der Waals surface area contributed by atoms with Crippen LogP contribution in [0.2, 0.25) is 0 Å². The summed E-state index contributed by atoms with van der Waals surface area (Å²) in [6, 6.07) is 7.07. The number of rotatable bonds is 2. The Morgan fingerprint density at radius 2 is 1.92 bits per heavy atom. The van der Waals surface area contributed by atoms with Crippen LogP contribution in [0.5, 0.6) is 0 Å². The summed E-state index contributed by atoms with van der Waals surface area (Å²) in [5.41, 5.74) is 2.07. The summed E-state index contributed by atoms with van der Waals surface area (Å²) < 4.78 is 40.1. The summed E-state index contributed by atoms with van der Waals surface area (Å²) in [6.07, 6.45) is 1.80. The summed E-state index contributed by atoms with van der Waals surface area (Å²) in [5, 5.41) is 4.56. The van der Waals surface area contributed by atoms with Crippen molar-refractivity contribution >= 4 is 10.9 Å². The Morgan fingerprint density at radius 3 is 2.67 bits per heavy atom. The Hall–Kier alpha value is -3.16. The number of hydrogen-bond donors (Lipinski definition) is 1. The maximum Gasteiger partial charge on any atom is 0.416 e. The first-order chi connectivity index (χ1) is 11.5. The third-order valence-corrected chi connectivity index (χ3v) is 3.70. The van der Waals surface area contributed by atoms with E-state index >= 15 is 0 Å². The molecule has 120 valence electrons. The van der Waals surface area contributed by atoms with Gasteiger partial charge in [-0.3, -0.25) is 4.98 Å². The average Bonchev–Trinajstić information content (AvgIpc) is 3.22. The van der Waals surface area contributed by atoms with E-state index in [-0.39, 0.29) is 0 Å². The van der Waals surface area contributed by atoms with E-state index in [4.69, 9.17) is 0 Å². The van der Waals surface area contributed by atoms with Crippen LogP contribution in [-0.4, -0.2) is 24.7 Å². The number of benzene rings is 1. The minimum absolute atomic E-state index is 0.487. The van der Waals surface area contributed by atoms with Gasteiger partial charge in [-0.2, -0.15) is 18.3 Å². The molecular formula is C16H10F3N5. The summed E-state index contributed by atoms with van der Waals surface area (Å²) >= 11 is 0. The molecule has 0 saturated heterocycles. The van der Waals surface area contributed by atoms with Crippen LogP contribution in [0.15, 0.2) is 55.4 Å². The second kappa shape index (κ2) is 5.19. The number of aromatic nitrogens is 5. The lowest BCUT2D eigenvalue weighted by Crippen LogP contribution is -2.03. The van der Waals surface area contributed by atoms with Crippen LogP contribution >= 0.6 is 0 Å². The molecule has 1 N–H and O–H groups in total. The lowest BCUT2D eigenvalue weighted by atomic mass is 10.1. The van der Waals surface area contributed by atoms with Crippen molar-refractivity contribution in [2.75, 3.05) is 0 Å². The van der Waals surface area contributed by atoms with Crippen molar-refractivity contribution in [1.82, 2.24) is 24.7 Å². The van der Waals surface area contributed by atoms with E-state index in [2.05, 4.69) is 20.1 Å². The van der Waals surface area contributed by atoms with Gasteiger partial charge in [-0.05, 0) is 30.3 Å². The maximum absolute atomic E-state index is 12.9. The van der Waals surface area contributed by atoms with E-state index in [1.165, 1.54) is 18.7 Å². The van der Waals surface area contributed by atoms with E-state index < -0.39 is 11.7 Å². The first kappa shape index (κ1) is 14.4. The summed E-state index contributed by atoms with van der Waals surface area (Å²) in [6.45, 7) is 0. The molecule has 0 bridgehead atoms. The fourth-order valence-corrected chi connectivity index (χ4v) is 2.58. The molecule has 0 fully saturated rings. The fraction of sp³-hybridized carbons (Fsp3) is 0.0625. The third-order valence-electron chi connectivity index (χ3n) is 3.70. The molecular weight excluding hydrogens is 319 g/mol. The standard InChI is InChI=1S/C16H10F3N5/c17-16(18,19)11-1-2-13-10(5-11)6-14(23-13)12-3-4-20-7-15(12)24-9-21-8-22-24/h1-9,23H. The van der Waals surface area contributed by atoms with Crippen molar-refractivity contribution in [2.24, 2.45) is 0 Å². The number of nitrogens with one attached hydrogen (secondary N) is 1. The minimum atomic E-state index is -4.37. The van der Waals surface area contributed by atoms with Gasteiger partial charge in [0.1, 0.15) is 12.7 Å². The SMILES string of the molecule is FC(F)(F)c1ccc2[nH]c(-c3ccncc3-n3cncn3)cc2c1. The molecule has 0 unspecified atom stereocenters. The van der Waals surface area contributed by atoms with Gasteiger partial charge in [0.25, 0.3) is 0 Å². The zero-order chi connectivity index (χ0) is 16.7. The molecule has 8 heteroatoms. The van der Waals surface area contributed by atoms with E-state index in [0.717, 1.165) is 17.7 Å². The topological polar surface area (TPSA) is 59.4 Å². The van der Waals surface area contributed by atoms with Crippen molar-refractivity contribution in [3.05, 3.63) is 60.9 Å². The average molecular weight is 329 g/mol. The smallest absolute Gasteiger partial charge is 0.354 e. The third kappa shape index (κ3) is 2.41. The van der Waals surface area contributed by atoms with Gasteiger partial charge >= 0.3 is 6.18 Å². The highest BCUT2D eigenvalue weighted by Crippen LogP contribution is 2.33. The van der Waals surface area contributed by atoms with Gasteiger partial charge in [0, 0.05) is 28.4 Å². The molecule has 0 aliphatic rings. The van der Waals surface area contributed by atoms with Crippen molar-refractivity contribution in [1.29, 1.82) is 0 Å². The molecule has 3 heterocycles. The molecule has 0 saturated carbocycles. The van der Waals surface area contributed by atoms with Crippen molar-refractivity contribution in [3.63, 3.8) is 0 Å². The Bertz CT molecular complexity index is 1000. The molecule has 4 aromatic rings. The molecule has 0 atom stereocenters. The summed E-state index contributed by atoms with van der Waals surface area (Å²) in [5.74, 6) is 0. The maximum atomic E-state index is 12.9. The normalized spacial score (nSPS) is 12.0. The van der Waals surface area contributed by atoms with Crippen molar-refractivity contribution in [2.45, 2.75) is 6.18 Å². The Balaban J connectivity index is 1.86. The molecule has 1 aromatic carbocycles. The Morgan fingerprint density at radius 1 is 1.04 bits per heavy atom. The first-order valence-corrected chi connectivity index (χ1v) is 7.02. The van der Waals surface area contributed by atoms with Crippen LogP contribution in [0.25, 0.3) is 27.8 Å². The first-order valence-electron chi connectivity index (χ1n) is 7.02. The highest BCUT2D eigenvalue weighted by molar-refractivity contribution is 5.88. The van der Waals surface area contributed by atoms with Gasteiger partial charge in [-0.1, -0.05) is 0 Å². The second-order valence-corrected chi connectivity index (χ2v) is 5.22. The largest absolute Gasteiger partial charge is 0.416 e. The van der Waals surface area contributed by atoms with E-state index in [0.29, 0.717) is 22.3 Å². The van der Waals surface area contributed by atoms with Crippen molar-refractivity contribution in [3.8, 4) is 16.9 Å². The molecule has 0 spiro atoms. The number of aromatic amines is 1. The van der Waals surface area contributed by atoms with Crippen LogP contribution in [0, 0.1) is 0 Å². The predicted molar refractivity (Wildman–Crippen MR) is 81.4 cm³/mol. The quantitative estimate of drug-likeness (QED) is 0.608. The lowest BCUT2D eigenvalue weighted by molar-refractivity contribution is -0.137. The molecule has 3 aromatic heterocycles. The van der Waals surface area contributed by atoms with Gasteiger partial charge in [-0.15, -0.1) is 0 Å². The number of pyridine rings is 1. The summed E-state index contributed by atoms with van der Waals surface area (Å²) in [4.78, 5) is 11.1. The zero-order valence-electron chi connectivity index (χ0n) is 12.1. The number of halogens is 3. The molecule has 0 aliphatic carbocycles.